The fourth-order valence-corrected chi connectivity index (χ4v) is 4.86. The van der Waals surface area contributed by atoms with Gasteiger partial charge < -0.3 is 9.64 Å². The highest BCUT2D eigenvalue weighted by atomic mass is 19.4. The van der Waals surface area contributed by atoms with E-state index in [2.05, 4.69) is 4.90 Å². The minimum atomic E-state index is -4.79. The van der Waals surface area contributed by atoms with E-state index in [4.69, 9.17) is 10.00 Å². The number of benzene rings is 1. The summed E-state index contributed by atoms with van der Waals surface area (Å²) in [6.07, 6.45) is -0.149. The molecule has 2 aliphatic heterocycles. The summed E-state index contributed by atoms with van der Waals surface area (Å²) in [5.74, 6) is -1.24. The number of carbonyl (C=O) groups excluding carboxylic acids is 3. The van der Waals surface area contributed by atoms with Crippen LogP contribution in [-0.2, 0) is 20.5 Å². The predicted octanol–water partition coefficient (Wildman–Crippen LogP) is 5.66. The molecule has 0 spiro atoms. The van der Waals surface area contributed by atoms with Crippen LogP contribution in [0, 0.1) is 11.3 Å². The van der Waals surface area contributed by atoms with Gasteiger partial charge in [0.2, 0.25) is 0 Å². The maximum absolute atomic E-state index is 13.4. The molecule has 1 saturated heterocycles. The molecule has 218 valence electrons. The summed E-state index contributed by atoms with van der Waals surface area (Å²) in [6, 6.07) is 4.35. The average molecular weight is 563 g/mol. The van der Waals surface area contributed by atoms with Crippen molar-refractivity contribution in [2.75, 3.05) is 37.6 Å². The number of hydrogen-bond acceptors (Lipinski definition) is 6. The molecule has 40 heavy (non-hydrogen) atoms. The van der Waals surface area contributed by atoms with Gasteiger partial charge >= 0.3 is 12.3 Å². The number of piperazine rings is 1. The molecule has 1 aromatic rings. The lowest BCUT2D eigenvalue weighted by atomic mass is 10.0. The number of amides is 3. The molecule has 1 aromatic carbocycles. The Balaban J connectivity index is 1.40. The van der Waals surface area contributed by atoms with Crippen LogP contribution in [-0.4, -0.2) is 66.0 Å². The molecule has 0 aliphatic carbocycles. The standard InChI is InChI=1S/C29H37F3N4O4/c1-20-23(26(38)36(25(20)37)22-12-11-21(19-33)24(18-22)29(30,31)32)10-8-6-5-7-9-13-34-14-16-35(17-15-34)27(39)40-28(2,3)4/h11-12,18H,5-10,13-17H2,1-4H3. The summed E-state index contributed by atoms with van der Waals surface area (Å²) in [6.45, 7) is 10.9. The number of nitrogens with zero attached hydrogens (tertiary/aromatic N) is 4. The van der Waals surface area contributed by atoms with E-state index in [1.54, 1.807) is 4.90 Å². The highest BCUT2D eigenvalue weighted by Crippen LogP contribution is 2.37. The fourth-order valence-electron chi connectivity index (χ4n) is 4.86. The Kier molecular flexibility index (Phi) is 10.0. The van der Waals surface area contributed by atoms with Gasteiger partial charge in [-0.25, -0.2) is 9.69 Å². The van der Waals surface area contributed by atoms with E-state index in [1.807, 2.05) is 20.8 Å². The first kappa shape index (κ1) is 31.1. The molecule has 2 heterocycles. The monoisotopic (exact) mass is 562 g/mol. The molecule has 2 aliphatic rings. The van der Waals surface area contributed by atoms with Crippen molar-refractivity contribution in [3.63, 3.8) is 0 Å². The smallest absolute Gasteiger partial charge is 0.417 e. The summed E-state index contributed by atoms with van der Waals surface area (Å²) in [7, 11) is 0. The minimum Gasteiger partial charge on any atom is -0.444 e. The lowest BCUT2D eigenvalue weighted by molar-refractivity contribution is -0.138. The van der Waals surface area contributed by atoms with Crippen molar-refractivity contribution in [1.82, 2.24) is 9.80 Å². The molecule has 11 heteroatoms. The molecule has 3 rings (SSSR count). The molecular weight excluding hydrogens is 525 g/mol. The van der Waals surface area contributed by atoms with Crippen molar-refractivity contribution in [2.45, 2.75) is 78.0 Å². The van der Waals surface area contributed by atoms with Crippen LogP contribution in [0.25, 0.3) is 0 Å². The van der Waals surface area contributed by atoms with E-state index in [0.717, 1.165) is 56.3 Å². The maximum atomic E-state index is 13.4. The first-order valence-corrected chi connectivity index (χ1v) is 13.6. The number of imide groups is 1. The van der Waals surface area contributed by atoms with Crippen LogP contribution >= 0.6 is 0 Å². The highest BCUT2D eigenvalue weighted by Gasteiger charge is 2.39. The summed E-state index contributed by atoms with van der Waals surface area (Å²) < 4.78 is 45.5. The zero-order valence-electron chi connectivity index (χ0n) is 23.6. The van der Waals surface area contributed by atoms with Gasteiger partial charge in [-0.3, -0.25) is 14.5 Å². The maximum Gasteiger partial charge on any atom is 0.417 e. The van der Waals surface area contributed by atoms with Gasteiger partial charge in [0.05, 0.1) is 22.9 Å². The van der Waals surface area contributed by atoms with Gasteiger partial charge in [-0.05, 0) is 71.7 Å². The number of hydrogen-bond donors (Lipinski definition) is 0. The molecule has 0 aromatic heterocycles. The van der Waals surface area contributed by atoms with Crippen molar-refractivity contribution in [3.8, 4) is 6.07 Å². The first-order valence-electron chi connectivity index (χ1n) is 13.6. The van der Waals surface area contributed by atoms with E-state index in [0.29, 0.717) is 37.6 Å². The number of halogens is 3. The molecule has 0 radical (unpaired) electrons. The number of carbonyl (C=O) groups is 3. The number of unbranched alkanes of at least 4 members (excludes halogenated alkanes) is 4. The SMILES string of the molecule is CC1=C(CCCCCCCN2CCN(C(=O)OC(C)(C)C)CC2)C(=O)N(c2ccc(C#N)c(C(F)(F)F)c2)C1=O. The van der Waals surface area contributed by atoms with Crippen molar-refractivity contribution in [1.29, 1.82) is 5.26 Å². The number of rotatable bonds is 9. The van der Waals surface area contributed by atoms with Crippen LogP contribution in [0.3, 0.4) is 0 Å². The Morgan fingerprint density at radius 1 is 0.975 bits per heavy atom. The van der Waals surface area contributed by atoms with Crippen molar-refractivity contribution >= 4 is 23.6 Å². The second-order valence-electron chi connectivity index (χ2n) is 11.2. The van der Waals surface area contributed by atoms with Gasteiger partial charge in [-0.15, -0.1) is 0 Å². The Hall–Kier alpha value is -3.39. The van der Waals surface area contributed by atoms with Crippen LogP contribution < -0.4 is 4.90 Å². The molecule has 3 amide bonds. The number of ether oxygens (including phenoxy) is 1. The molecule has 1 fully saturated rings. The first-order chi connectivity index (χ1) is 18.7. The van der Waals surface area contributed by atoms with E-state index in [9.17, 15) is 27.6 Å². The second-order valence-corrected chi connectivity index (χ2v) is 11.2. The summed E-state index contributed by atoms with van der Waals surface area (Å²) in [4.78, 5) is 42.8. The van der Waals surface area contributed by atoms with Gasteiger partial charge in [-0.1, -0.05) is 19.3 Å². The molecular formula is C29H37F3N4O4. The van der Waals surface area contributed by atoms with Crippen LogP contribution in [0.5, 0.6) is 0 Å². The minimum absolute atomic E-state index is 0.192. The average Bonchev–Trinajstić information content (AvgIpc) is 3.09. The fraction of sp³-hybridized carbons (Fsp3) is 0.586. The van der Waals surface area contributed by atoms with Crippen LogP contribution in [0.2, 0.25) is 0 Å². The second kappa shape index (κ2) is 12.9. The van der Waals surface area contributed by atoms with Gasteiger partial charge in [-0.2, -0.15) is 18.4 Å². The van der Waals surface area contributed by atoms with Crippen molar-refractivity contribution in [2.24, 2.45) is 0 Å². The van der Waals surface area contributed by atoms with E-state index in [-0.39, 0.29) is 17.4 Å². The third-order valence-corrected chi connectivity index (χ3v) is 7.05. The van der Waals surface area contributed by atoms with E-state index < -0.39 is 34.7 Å². The van der Waals surface area contributed by atoms with E-state index >= 15 is 0 Å². The summed E-state index contributed by atoms with van der Waals surface area (Å²) in [5, 5.41) is 9.00. The topological polar surface area (TPSA) is 93.9 Å². The quantitative estimate of drug-likeness (QED) is 0.285. The predicted molar refractivity (Wildman–Crippen MR) is 143 cm³/mol. The lowest BCUT2D eigenvalue weighted by Crippen LogP contribution is -2.50. The van der Waals surface area contributed by atoms with Gasteiger partial charge in [0.1, 0.15) is 5.60 Å². The molecule has 0 unspecified atom stereocenters. The van der Waals surface area contributed by atoms with Gasteiger partial charge in [0.25, 0.3) is 11.8 Å². The number of nitriles is 1. The number of alkyl halides is 3. The molecule has 0 N–H and O–H groups in total. The van der Waals surface area contributed by atoms with Crippen molar-refractivity contribution in [3.05, 3.63) is 40.5 Å². The van der Waals surface area contributed by atoms with E-state index in [1.165, 1.54) is 19.1 Å². The Morgan fingerprint density at radius 2 is 1.60 bits per heavy atom. The third-order valence-electron chi connectivity index (χ3n) is 7.05. The normalized spacial score (nSPS) is 17.1. The highest BCUT2D eigenvalue weighted by molar-refractivity contribution is 6.32. The Morgan fingerprint density at radius 3 is 2.20 bits per heavy atom. The number of anilines is 1. The van der Waals surface area contributed by atoms with Crippen LogP contribution in [0.1, 0.15) is 77.3 Å². The van der Waals surface area contributed by atoms with Gasteiger partial charge in [0, 0.05) is 37.3 Å². The summed E-state index contributed by atoms with van der Waals surface area (Å²) in [5.41, 5.74) is -1.87. The Bertz CT molecular complexity index is 1190. The van der Waals surface area contributed by atoms with Crippen LogP contribution in [0.15, 0.2) is 29.3 Å². The lowest BCUT2D eigenvalue weighted by Gasteiger charge is -2.35. The Labute approximate surface area is 233 Å². The zero-order chi connectivity index (χ0) is 29.7. The summed E-state index contributed by atoms with van der Waals surface area (Å²) >= 11 is 0. The van der Waals surface area contributed by atoms with Crippen LogP contribution in [0.4, 0.5) is 23.7 Å². The zero-order valence-corrected chi connectivity index (χ0v) is 23.6. The largest absolute Gasteiger partial charge is 0.444 e. The third kappa shape index (κ3) is 7.84. The van der Waals surface area contributed by atoms with Crippen molar-refractivity contribution < 1.29 is 32.3 Å². The molecule has 0 saturated carbocycles. The van der Waals surface area contributed by atoms with Gasteiger partial charge in [0.15, 0.2) is 0 Å². The molecule has 8 nitrogen and oxygen atoms in total. The molecule has 0 bridgehead atoms. The molecule has 0 atom stereocenters.